The Labute approximate surface area is 209 Å². The first-order valence-electron chi connectivity index (χ1n) is 12.7. The van der Waals surface area contributed by atoms with Gasteiger partial charge in [-0.15, -0.1) is 11.8 Å². The van der Waals surface area contributed by atoms with E-state index in [0.717, 1.165) is 29.7 Å². The van der Waals surface area contributed by atoms with E-state index in [4.69, 9.17) is 0 Å². The van der Waals surface area contributed by atoms with E-state index in [0.29, 0.717) is 18.7 Å². The highest BCUT2D eigenvalue weighted by molar-refractivity contribution is 7.99. The summed E-state index contributed by atoms with van der Waals surface area (Å²) in [5, 5.41) is 3.26. The summed E-state index contributed by atoms with van der Waals surface area (Å²) in [5.74, 6) is 1.18. The van der Waals surface area contributed by atoms with Crippen LogP contribution in [-0.4, -0.2) is 34.6 Å². The van der Waals surface area contributed by atoms with Crippen LogP contribution in [0.2, 0.25) is 0 Å². The SMILES string of the molecule is CC[C@H](C(=O)NC1CCCCC1)N(Cc1cccc(C)c1)C(=O)CSCc1cc(C)cc(C)c1. The van der Waals surface area contributed by atoms with E-state index in [9.17, 15) is 9.59 Å². The number of aryl methyl sites for hydroxylation is 3. The summed E-state index contributed by atoms with van der Waals surface area (Å²) in [7, 11) is 0. The molecule has 1 atom stereocenters. The van der Waals surface area contributed by atoms with Crippen LogP contribution in [0.4, 0.5) is 0 Å². The zero-order chi connectivity index (χ0) is 24.5. The molecule has 184 valence electrons. The van der Waals surface area contributed by atoms with Crippen LogP contribution >= 0.6 is 11.8 Å². The monoisotopic (exact) mass is 480 g/mol. The molecule has 2 aromatic rings. The van der Waals surface area contributed by atoms with Gasteiger partial charge in [-0.2, -0.15) is 0 Å². The molecule has 3 rings (SSSR count). The second-order valence-corrected chi connectivity index (χ2v) is 10.8. The van der Waals surface area contributed by atoms with Gasteiger partial charge in [-0.1, -0.05) is 85.3 Å². The van der Waals surface area contributed by atoms with Crippen molar-refractivity contribution in [2.75, 3.05) is 5.75 Å². The Hall–Kier alpha value is -2.27. The summed E-state index contributed by atoms with van der Waals surface area (Å²) >= 11 is 1.63. The molecular weight excluding hydrogens is 440 g/mol. The lowest BCUT2D eigenvalue weighted by molar-refractivity contribution is -0.139. The van der Waals surface area contributed by atoms with Crippen molar-refractivity contribution in [1.82, 2.24) is 10.2 Å². The van der Waals surface area contributed by atoms with Gasteiger partial charge in [0, 0.05) is 18.3 Å². The largest absolute Gasteiger partial charge is 0.352 e. The summed E-state index contributed by atoms with van der Waals surface area (Å²) in [5.41, 5.74) is 5.95. The molecule has 0 aliphatic heterocycles. The minimum absolute atomic E-state index is 0.00490. The molecule has 1 aliphatic rings. The third-order valence-electron chi connectivity index (χ3n) is 6.55. The van der Waals surface area contributed by atoms with Gasteiger partial charge in [0.25, 0.3) is 0 Å². The van der Waals surface area contributed by atoms with Crippen LogP contribution in [0.3, 0.4) is 0 Å². The average molecular weight is 481 g/mol. The lowest BCUT2D eigenvalue weighted by Gasteiger charge is -2.33. The second-order valence-electron chi connectivity index (χ2n) is 9.77. The second kappa shape index (κ2) is 13.0. The number of benzene rings is 2. The Kier molecular flexibility index (Phi) is 10.1. The normalized spacial score (nSPS) is 15.1. The van der Waals surface area contributed by atoms with Gasteiger partial charge in [0.1, 0.15) is 6.04 Å². The van der Waals surface area contributed by atoms with Gasteiger partial charge in [0.2, 0.25) is 11.8 Å². The summed E-state index contributed by atoms with van der Waals surface area (Å²) in [6, 6.07) is 14.6. The highest BCUT2D eigenvalue weighted by Gasteiger charge is 2.30. The molecule has 4 nitrogen and oxygen atoms in total. The molecule has 1 aliphatic carbocycles. The number of carbonyl (C=O) groups is 2. The third kappa shape index (κ3) is 7.90. The molecule has 1 saturated carbocycles. The lowest BCUT2D eigenvalue weighted by Crippen LogP contribution is -2.52. The number of hydrogen-bond acceptors (Lipinski definition) is 3. The van der Waals surface area contributed by atoms with Crippen molar-refractivity contribution < 1.29 is 9.59 Å². The van der Waals surface area contributed by atoms with Gasteiger partial charge in [0.15, 0.2) is 0 Å². The first kappa shape index (κ1) is 26.3. The zero-order valence-electron chi connectivity index (χ0n) is 21.2. The van der Waals surface area contributed by atoms with Gasteiger partial charge < -0.3 is 10.2 Å². The zero-order valence-corrected chi connectivity index (χ0v) is 22.0. The van der Waals surface area contributed by atoms with Crippen LogP contribution in [0.5, 0.6) is 0 Å². The Morgan fingerprint density at radius 2 is 1.65 bits per heavy atom. The van der Waals surface area contributed by atoms with Crippen molar-refractivity contribution in [3.05, 3.63) is 70.3 Å². The Bertz CT molecular complexity index is 948. The highest BCUT2D eigenvalue weighted by Crippen LogP contribution is 2.21. The molecule has 0 spiro atoms. The van der Waals surface area contributed by atoms with Crippen molar-refractivity contribution >= 4 is 23.6 Å². The van der Waals surface area contributed by atoms with E-state index in [2.05, 4.69) is 56.4 Å². The lowest BCUT2D eigenvalue weighted by atomic mass is 9.95. The molecule has 0 saturated heterocycles. The number of hydrogen-bond donors (Lipinski definition) is 1. The van der Waals surface area contributed by atoms with Crippen LogP contribution < -0.4 is 5.32 Å². The van der Waals surface area contributed by atoms with E-state index in [1.165, 1.54) is 36.0 Å². The van der Waals surface area contributed by atoms with E-state index in [1.807, 2.05) is 19.1 Å². The van der Waals surface area contributed by atoms with E-state index in [1.54, 1.807) is 16.7 Å². The van der Waals surface area contributed by atoms with Crippen LogP contribution in [-0.2, 0) is 21.9 Å². The molecular formula is C29H40N2O2S. The molecule has 0 unspecified atom stereocenters. The topological polar surface area (TPSA) is 49.4 Å². The van der Waals surface area contributed by atoms with Crippen molar-refractivity contribution in [2.24, 2.45) is 0 Å². The smallest absolute Gasteiger partial charge is 0.243 e. The fourth-order valence-electron chi connectivity index (χ4n) is 4.96. The maximum Gasteiger partial charge on any atom is 0.243 e. The maximum absolute atomic E-state index is 13.5. The molecule has 0 heterocycles. The first-order chi connectivity index (χ1) is 16.4. The molecule has 34 heavy (non-hydrogen) atoms. The van der Waals surface area contributed by atoms with Gasteiger partial charge in [-0.25, -0.2) is 0 Å². The molecule has 1 fully saturated rings. The number of rotatable bonds is 10. The van der Waals surface area contributed by atoms with E-state index >= 15 is 0 Å². The average Bonchev–Trinajstić information content (AvgIpc) is 2.79. The summed E-state index contributed by atoms with van der Waals surface area (Å²) < 4.78 is 0. The van der Waals surface area contributed by atoms with Gasteiger partial charge >= 0.3 is 0 Å². The predicted molar refractivity (Wildman–Crippen MR) is 143 cm³/mol. The summed E-state index contributed by atoms with van der Waals surface area (Å²) in [6.07, 6.45) is 6.28. The fraction of sp³-hybridized carbons (Fsp3) is 0.517. The molecule has 2 aromatic carbocycles. The molecule has 2 amide bonds. The minimum atomic E-state index is -0.447. The Morgan fingerprint density at radius 3 is 2.29 bits per heavy atom. The van der Waals surface area contributed by atoms with Gasteiger partial charge in [-0.3, -0.25) is 9.59 Å². The van der Waals surface area contributed by atoms with Crippen LogP contribution in [0.15, 0.2) is 42.5 Å². The van der Waals surface area contributed by atoms with E-state index < -0.39 is 6.04 Å². The van der Waals surface area contributed by atoms with Gasteiger partial charge in [0.05, 0.1) is 5.75 Å². The number of nitrogens with zero attached hydrogens (tertiary/aromatic N) is 1. The number of amides is 2. The standard InChI is InChI=1S/C29H40N2O2S/c1-5-27(29(33)30-26-12-7-6-8-13-26)31(18-24-11-9-10-21(2)15-24)28(32)20-34-19-25-16-22(3)14-23(4)17-25/h9-11,14-17,26-27H,5-8,12-13,18-20H2,1-4H3,(H,30,33)/t27-/m1/s1. The van der Waals surface area contributed by atoms with Crippen molar-refractivity contribution in [3.8, 4) is 0 Å². The summed E-state index contributed by atoms with van der Waals surface area (Å²) in [4.78, 5) is 28.6. The maximum atomic E-state index is 13.5. The predicted octanol–water partition coefficient (Wildman–Crippen LogP) is 6.10. The van der Waals surface area contributed by atoms with Crippen LogP contribution in [0.25, 0.3) is 0 Å². The van der Waals surface area contributed by atoms with Gasteiger partial charge in [-0.05, 0) is 51.2 Å². The van der Waals surface area contributed by atoms with E-state index in [-0.39, 0.29) is 17.9 Å². The van der Waals surface area contributed by atoms with Crippen molar-refractivity contribution in [3.63, 3.8) is 0 Å². The van der Waals surface area contributed by atoms with Crippen molar-refractivity contribution in [2.45, 2.75) is 90.6 Å². The quantitative estimate of drug-likeness (QED) is 0.447. The fourth-order valence-corrected chi connectivity index (χ4v) is 5.81. The van der Waals surface area contributed by atoms with Crippen LogP contribution in [0, 0.1) is 20.8 Å². The number of nitrogens with one attached hydrogen (secondary N) is 1. The molecule has 1 N–H and O–H groups in total. The third-order valence-corrected chi connectivity index (χ3v) is 7.54. The van der Waals surface area contributed by atoms with Crippen molar-refractivity contribution in [1.29, 1.82) is 0 Å². The Balaban J connectivity index is 1.71. The number of thioether (sulfide) groups is 1. The molecule has 0 bridgehead atoms. The minimum Gasteiger partial charge on any atom is -0.352 e. The summed E-state index contributed by atoms with van der Waals surface area (Å²) in [6.45, 7) is 8.73. The Morgan fingerprint density at radius 1 is 0.971 bits per heavy atom. The first-order valence-corrected chi connectivity index (χ1v) is 13.8. The van der Waals surface area contributed by atoms with Crippen LogP contribution in [0.1, 0.15) is 73.3 Å². The highest BCUT2D eigenvalue weighted by atomic mass is 32.2. The molecule has 5 heteroatoms. The molecule has 0 radical (unpaired) electrons. The number of carbonyl (C=O) groups excluding carboxylic acids is 2. The molecule has 0 aromatic heterocycles.